The molecule has 0 saturated carbocycles. The van der Waals surface area contributed by atoms with Gasteiger partial charge in [0.1, 0.15) is 12.2 Å². The lowest BCUT2D eigenvalue weighted by Crippen LogP contribution is -2.43. The summed E-state index contributed by atoms with van der Waals surface area (Å²) < 4.78 is 10.9. The molecule has 0 bridgehead atoms. The number of carbonyl (C=O) groups is 1. The molecule has 0 unspecified atom stereocenters. The number of hydrogen-bond acceptors (Lipinski definition) is 4. The third-order valence-corrected chi connectivity index (χ3v) is 2.53. The van der Waals surface area contributed by atoms with Crippen molar-refractivity contribution in [1.29, 1.82) is 0 Å². The number of hydrogen-bond donors (Lipinski definition) is 1. The first-order chi connectivity index (χ1) is 6.41. The maximum absolute atomic E-state index is 11.7. The zero-order valence-electron chi connectivity index (χ0n) is 8.48. The van der Waals surface area contributed by atoms with Crippen LogP contribution in [-0.4, -0.2) is 35.0 Å². The van der Waals surface area contributed by atoms with Crippen molar-refractivity contribution in [3.8, 4) is 0 Å². The number of carbonyl (C=O) groups excluding carboxylic acids is 1. The molecule has 0 amide bonds. The highest BCUT2D eigenvalue weighted by molar-refractivity contribution is 6.00. The summed E-state index contributed by atoms with van der Waals surface area (Å²) in [6.07, 6.45) is -0.431. The lowest BCUT2D eigenvalue weighted by molar-refractivity contribution is -0.155. The Morgan fingerprint density at radius 2 is 2.07 bits per heavy atom. The maximum Gasteiger partial charge on any atom is 0.189 e. The van der Waals surface area contributed by atoms with E-state index in [0.717, 1.165) is 0 Å². The molecule has 0 aromatic heterocycles. The third-order valence-electron chi connectivity index (χ3n) is 2.53. The van der Waals surface area contributed by atoms with Crippen molar-refractivity contribution in [3.05, 3.63) is 11.6 Å². The summed E-state index contributed by atoms with van der Waals surface area (Å²) in [5, 5.41) is 9.67. The number of Topliss-reactive ketones (excluding diaryl/α,β-unsaturated/α-hetero) is 1. The Morgan fingerprint density at radius 3 is 2.71 bits per heavy atom. The highest BCUT2D eigenvalue weighted by atomic mass is 16.8. The Balaban J connectivity index is 2.31. The van der Waals surface area contributed by atoms with E-state index in [-0.39, 0.29) is 5.78 Å². The van der Waals surface area contributed by atoms with Crippen LogP contribution in [0.3, 0.4) is 0 Å². The summed E-state index contributed by atoms with van der Waals surface area (Å²) in [6, 6.07) is 0. The summed E-state index contributed by atoms with van der Waals surface area (Å²) in [7, 11) is 0. The van der Waals surface area contributed by atoms with Crippen LogP contribution in [0, 0.1) is 0 Å². The molecule has 2 rings (SSSR count). The van der Waals surface area contributed by atoms with Crippen LogP contribution in [-0.2, 0) is 14.3 Å². The zero-order valence-corrected chi connectivity index (χ0v) is 8.48. The topological polar surface area (TPSA) is 55.8 Å². The highest BCUT2D eigenvalue weighted by Crippen LogP contribution is 2.34. The average Bonchev–Trinajstić information content (AvgIpc) is 2.38. The van der Waals surface area contributed by atoms with E-state index >= 15 is 0 Å². The van der Waals surface area contributed by atoms with Gasteiger partial charge in [0.15, 0.2) is 17.7 Å². The first kappa shape index (κ1) is 9.83. The highest BCUT2D eigenvalue weighted by Gasteiger charge is 2.50. The van der Waals surface area contributed by atoms with Crippen LogP contribution in [0.5, 0.6) is 0 Å². The van der Waals surface area contributed by atoms with Crippen molar-refractivity contribution in [1.82, 2.24) is 0 Å². The van der Waals surface area contributed by atoms with Crippen molar-refractivity contribution in [2.24, 2.45) is 0 Å². The van der Waals surface area contributed by atoms with E-state index < -0.39 is 24.1 Å². The number of aliphatic hydroxyl groups excluding tert-OH is 1. The molecule has 1 aliphatic heterocycles. The van der Waals surface area contributed by atoms with Gasteiger partial charge in [-0.3, -0.25) is 4.79 Å². The molecule has 1 aliphatic carbocycles. The van der Waals surface area contributed by atoms with Crippen LogP contribution in [0.15, 0.2) is 11.6 Å². The molecule has 1 fully saturated rings. The maximum atomic E-state index is 11.7. The van der Waals surface area contributed by atoms with Gasteiger partial charge in [-0.25, -0.2) is 0 Å². The normalized spacial score (nSPS) is 40.7. The van der Waals surface area contributed by atoms with Crippen LogP contribution < -0.4 is 0 Å². The van der Waals surface area contributed by atoms with Gasteiger partial charge in [0.2, 0.25) is 0 Å². The molecule has 1 heterocycles. The molecule has 1 N–H and O–H groups in total. The van der Waals surface area contributed by atoms with E-state index in [2.05, 4.69) is 0 Å². The molecule has 0 spiro atoms. The van der Waals surface area contributed by atoms with Gasteiger partial charge in [-0.2, -0.15) is 0 Å². The molecule has 4 nitrogen and oxygen atoms in total. The van der Waals surface area contributed by atoms with Crippen molar-refractivity contribution in [2.75, 3.05) is 0 Å². The van der Waals surface area contributed by atoms with Crippen LogP contribution in [0.1, 0.15) is 20.8 Å². The van der Waals surface area contributed by atoms with E-state index in [1.165, 1.54) is 6.08 Å². The Hall–Kier alpha value is -0.710. The van der Waals surface area contributed by atoms with E-state index in [1.807, 2.05) is 0 Å². The molecule has 0 aromatic rings. The Morgan fingerprint density at radius 1 is 1.43 bits per heavy atom. The first-order valence-electron chi connectivity index (χ1n) is 4.67. The predicted molar refractivity (Wildman–Crippen MR) is 48.6 cm³/mol. The Bertz CT molecular complexity index is 305. The van der Waals surface area contributed by atoms with Gasteiger partial charge in [0.25, 0.3) is 0 Å². The summed E-state index contributed by atoms with van der Waals surface area (Å²) >= 11 is 0. The predicted octanol–water partition coefficient (Wildman–Crippen LogP) is 0.396. The number of fused-ring (bicyclic) bond motifs is 1. The number of ketones is 1. The number of rotatable bonds is 0. The fourth-order valence-electron chi connectivity index (χ4n) is 1.90. The molecule has 14 heavy (non-hydrogen) atoms. The second kappa shape index (κ2) is 2.89. The molecule has 0 aromatic carbocycles. The SMILES string of the molecule is CC1=C[C@H](O)[C@@H]2OC(C)(C)O[C@H]2C1=O. The zero-order chi connectivity index (χ0) is 10.5. The monoisotopic (exact) mass is 198 g/mol. The number of aliphatic hydroxyl groups is 1. The molecule has 3 atom stereocenters. The largest absolute Gasteiger partial charge is 0.386 e. The van der Waals surface area contributed by atoms with Gasteiger partial charge < -0.3 is 14.6 Å². The van der Waals surface area contributed by atoms with Gasteiger partial charge in [0.05, 0.1) is 0 Å². The van der Waals surface area contributed by atoms with Crippen molar-refractivity contribution < 1.29 is 19.4 Å². The van der Waals surface area contributed by atoms with Gasteiger partial charge in [-0.15, -0.1) is 0 Å². The Labute approximate surface area is 82.5 Å². The van der Waals surface area contributed by atoms with Crippen molar-refractivity contribution in [3.63, 3.8) is 0 Å². The molecular formula is C10H14O4. The second-order valence-electron chi connectivity index (χ2n) is 4.23. The van der Waals surface area contributed by atoms with Gasteiger partial charge in [-0.05, 0) is 32.4 Å². The van der Waals surface area contributed by atoms with Crippen molar-refractivity contribution >= 4 is 5.78 Å². The average molecular weight is 198 g/mol. The summed E-state index contributed by atoms with van der Waals surface area (Å²) in [5.41, 5.74) is 0.542. The lowest BCUT2D eigenvalue weighted by atomic mass is 9.92. The molecule has 4 heteroatoms. The first-order valence-corrected chi connectivity index (χ1v) is 4.67. The Kier molecular flexibility index (Phi) is 2.03. The molecule has 2 aliphatic rings. The third kappa shape index (κ3) is 1.39. The van der Waals surface area contributed by atoms with Crippen LogP contribution in [0.2, 0.25) is 0 Å². The van der Waals surface area contributed by atoms with Gasteiger partial charge in [-0.1, -0.05) is 0 Å². The molecule has 78 valence electrons. The summed E-state index contributed by atoms with van der Waals surface area (Å²) in [5.74, 6) is -0.879. The van der Waals surface area contributed by atoms with E-state index in [1.54, 1.807) is 20.8 Å². The van der Waals surface area contributed by atoms with Crippen LogP contribution in [0.25, 0.3) is 0 Å². The molecule has 1 saturated heterocycles. The van der Waals surface area contributed by atoms with Gasteiger partial charge >= 0.3 is 0 Å². The van der Waals surface area contributed by atoms with E-state index in [0.29, 0.717) is 5.57 Å². The van der Waals surface area contributed by atoms with Crippen LogP contribution in [0.4, 0.5) is 0 Å². The molecule has 0 radical (unpaired) electrons. The minimum Gasteiger partial charge on any atom is -0.386 e. The lowest BCUT2D eigenvalue weighted by Gasteiger charge is -2.24. The van der Waals surface area contributed by atoms with E-state index in [9.17, 15) is 9.90 Å². The fraction of sp³-hybridized carbons (Fsp3) is 0.700. The summed E-state index contributed by atoms with van der Waals surface area (Å²) in [6.45, 7) is 5.15. The standard InChI is InChI=1S/C10H14O4/c1-5-4-6(11)8-9(7(5)12)14-10(2,3)13-8/h4,6,8-9,11H,1-3H3/t6-,8-,9-/m0/s1. The quantitative estimate of drug-likeness (QED) is 0.612. The van der Waals surface area contributed by atoms with E-state index in [4.69, 9.17) is 9.47 Å². The minimum absolute atomic E-state index is 0.0918. The second-order valence-corrected chi connectivity index (χ2v) is 4.23. The minimum atomic E-state index is -0.787. The molecular weight excluding hydrogens is 184 g/mol. The summed E-state index contributed by atoms with van der Waals surface area (Å²) in [4.78, 5) is 11.7. The smallest absolute Gasteiger partial charge is 0.189 e. The number of ether oxygens (including phenoxy) is 2. The van der Waals surface area contributed by atoms with Gasteiger partial charge in [0, 0.05) is 0 Å². The van der Waals surface area contributed by atoms with Crippen LogP contribution >= 0.6 is 0 Å². The fourth-order valence-corrected chi connectivity index (χ4v) is 1.90. The van der Waals surface area contributed by atoms with Crippen molar-refractivity contribution in [2.45, 2.75) is 44.9 Å².